The molecule has 7 nitrogen and oxygen atoms in total. The Bertz CT molecular complexity index is 1130. The van der Waals surface area contributed by atoms with Crippen molar-refractivity contribution in [2.75, 3.05) is 7.05 Å². The Morgan fingerprint density at radius 3 is 2.55 bits per heavy atom. The molecule has 3 aromatic rings. The molecule has 2 aromatic heterocycles. The molecule has 0 saturated heterocycles. The van der Waals surface area contributed by atoms with Gasteiger partial charge in [0.15, 0.2) is 0 Å². The molecule has 29 heavy (non-hydrogen) atoms. The van der Waals surface area contributed by atoms with Crippen molar-refractivity contribution in [1.82, 2.24) is 9.47 Å². The predicted molar refractivity (Wildman–Crippen MR) is 110 cm³/mol. The molecule has 0 aliphatic carbocycles. The van der Waals surface area contributed by atoms with E-state index in [4.69, 9.17) is 9.56 Å². The second kappa shape index (κ2) is 7.88. The summed E-state index contributed by atoms with van der Waals surface area (Å²) in [5.74, 6) is 0.671. The third-order valence-electron chi connectivity index (χ3n) is 5.27. The lowest BCUT2D eigenvalue weighted by molar-refractivity contribution is 0.0741. The summed E-state index contributed by atoms with van der Waals surface area (Å²) >= 11 is 0. The van der Waals surface area contributed by atoms with Gasteiger partial charge in [0.1, 0.15) is 5.76 Å². The highest BCUT2D eigenvalue weighted by Crippen LogP contribution is 2.25. The highest BCUT2D eigenvalue weighted by molar-refractivity contribution is 7.89. The zero-order chi connectivity index (χ0) is 21.3. The quantitative estimate of drug-likeness (QED) is 0.668. The van der Waals surface area contributed by atoms with E-state index in [9.17, 15) is 13.2 Å². The number of hydrogen-bond donors (Lipinski definition) is 1. The standard InChI is InChI=1S/C21H25N3O4S/c1-14-11-20(16(3)24(14)13-18-8-6-10-28-18)21(25)23(4)15(2)17-7-5-9-19(12-17)29(22,26)27/h5-12,15H,13H2,1-4H3,(H2,22,26,27). The number of aromatic nitrogens is 1. The number of carbonyl (C=O) groups excluding carboxylic acids is 1. The van der Waals surface area contributed by atoms with Crippen molar-refractivity contribution in [2.45, 2.75) is 38.3 Å². The number of hydrogen-bond acceptors (Lipinski definition) is 4. The third kappa shape index (κ3) is 4.28. The summed E-state index contributed by atoms with van der Waals surface area (Å²) in [5, 5.41) is 5.23. The molecule has 0 aliphatic heterocycles. The van der Waals surface area contributed by atoms with E-state index in [-0.39, 0.29) is 16.8 Å². The maximum atomic E-state index is 13.2. The summed E-state index contributed by atoms with van der Waals surface area (Å²) in [4.78, 5) is 14.8. The molecule has 1 unspecified atom stereocenters. The Labute approximate surface area is 170 Å². The highest BCUT2D eigenvalue weighted by atomic mass is 32.2. The summed E-state index contributed by atoms with van der Waals surface area (Å²) in [6.45, 7) is 6.25. The van der Waals surface area contributed by atoms with E-state index in [2.05, 4.69) is 0 Å². The molecule has 1 amide bonds. The third-order valence-corrected chi connectivity index (χ3v) is 6.18. The molecule has 0 bridgehead atoms. The van der Waals surface area contributed by atoms with Gasteiger partial charge in [-0.05, 0) is 56.7 Å². The molecule has 0 spiro atoms. The zero-order valence-electron chi connectivity index (χ0n) is 16.9. The first-order chi connectivity index (χ1) is 13.6. The number of nitrogens with two attached hydrogens (primary N) is 1. The molecule has 1 atom stereocenters. The van der Waals surface area contributed by atoms with E-state index in [1.807, 2.05) is 43.5 Å². The molecule has 8 heteroatoms. The first-order valence-electron chi connectivity index (χ1n) is 9.18. The lowest BCUT2D eigenvalue weighted by Gasteiger charge is -2.26. The number of amides is 1. The Morgan fingerprint density at radius 2 is 1.93 bits per heavy atom. The number of furan rings is 1. The average Bonchev–Trinajstić information content (AvgIpc) is 3.29. The summed E-state index contributed by atoms with van der Waals surface area (Å²) < 4.78 is 30.7. The van der Waals surface area contributed by atoms with Gasteiger partial charge < -0.3 is 13.9 Å². The van der Waals surface area contributed by atoms with E-state index < -0.39 is 10.0 Å². The topological polar surface area (TPSA) is 98.5 Å². The second-order valence-electron chi connectivity index (χ2n) is 7.16. The Hall–Kier alpha value is -2.84. The van der Waals surface area contributed by atoms with Crippen molar-refractivity contribution in [1.29, 1.82) is 0 Å². The predicted octanol–water partition coefficient (Wildman–Crippen LogP) is 3.23. The number of primary sulfonamides is 1. The lowest BCUT2D eigenvalue weighted by Crippen LogP contribution is -2.30. The van der Waals surface area contributed by atoms with E-state index >= 15 is 0 Å². The van der Waals surface area contributed by atoms with Crippen LogP contribution in [0.25, 0.3) is 0 Å². The van der Waals surface area contributed by atoms with Gasteiger partial charge in [0.2, 0.25) is 10.0 Å². The maximum absolute atomic E-state index is 13.2. The van der Waals surface area contributed by atoms with Crippen LogP contribution in [0.4, 0.5) is 0 Å². The van der Waals surface area contributed by atoms with Crippen LogP contribution in [0, 0.1) is 13.8 Å². The molecular formula is C21H25N3O4S. The van der Waals surface area contributed by atoms with Gasteiger partial charge in [0.05, 0.1) is 29.3 Å². The van der Waals surface area contributed by atoms with Gasteiger partial charge in [-0.1, -0.05) is 12.1 Å². The van der Waals surface area contributed by atoms with Crippen molar-refractivity contribution in [3.05, 3.63) is 77.0 Å². The SMILES string of the molecule is Cc1cc(C(=O)N(C)C(C)c2cccc(S(N)(=O)=O)c2)c(C)n1Cc1ccco1. The molecule has 1 aromatic carbocycles. The van der Waals surface area contributed by atoms with E-state index in [1.54, 1.807) is 30.3 Å². The molecule has 154 valence electrons. The minimum absolute atomic E-state index is 0.0272. The zero-order valence-corrected chi connectivity index (χ0v) is 17.7. The lowest BCUT2D eigenvalue weighted by atomic mass is 10.1. The molecule has 3 rings (SSSR count). The summed E-state index contributed by atoms with van der Waals surface area (Å²) in [6.07, 6.45) is 1.63. The van der Waals surface area contributed by atoms with Crippen LogP contribution in [0.5, 0.6) is 0 Å². The first kappa shape index (κ1) is 20.9. The van der Waals surface area contributed by atoms with Crippen LogP contribution in [0.2, 0.25) is 0 Å². The van der Waals surface area contributed by atoms with Crippen LogP contribution < -0.4 is 5.14 Å². The van der Waals surface area contributed by atoms with Crippen LogP contribution >= 0.6 is 0 Å². The van der Waals surface area contributed by atoms with Gasteiger partial charge in [0, 0.05) is 18.4 Å². The van der Waals surface area contributed by atoms with Gasteiger partial charge in [0.25, 0.3) is 5.91 Å². The number of nitrogens with zero attached hydrogens (tertiary/aromatic N) is 2. The minimum Gasteiger partial charge on any atom is -0.467 e. The second-order valence-corrected chi connectivity index (χ2v) is 8.72. The van der Waals surface area contributed by atoms with Gasteiger partial charge >= 0.3 is 0 Å². The fourth-order valence-electron chi connectivity index (χ4n) is 3.36. The van der Waals surface area contributed by atoms with Crippen molar-refractivity contribution < 1.29 is 17.6 Å². The van der Waals surface area contributed by atoms with Crippen LogP contribution in [0.1, 0.15) is 46.0 Å². The van der Waals surface area contributed by atoms with E-state index in [1.165, 1.54) is 12.1 Å². The fraction of sp³-hybridized carbons (Fsp3) is 0.286. The highest BCUT2D eigenvalue weighted by Gasteiger charge is 2.24. The van der Waals surface area contributed by atoms with Crippen molar-refractivity contribution >= 4 is 15.9 Å². The number of sulfonamides is 1. The number of carbonyl (C=O) groups is 1. The monoisotopic (exact) mass is 415 g/mol. The molecule has 2 heterocycles. The summed E-state index contributed by atoms with van der Waals surface area (Å²) in [6, 6.07) is 11.6. The first-order valence-corrected chi connectivity index (χ1v) is 10.7. The van der Waals surface area contributed by atoms with Gasteiger partial charge in [-0.2, -0.15) is 0 Å². The smallest absolute Gasteiger partial charge is 0.255 e. The summed E-state index contributed by atoms with van der Waals surface area (Å²) in [7, 11) is -2.10. The fourth-order valence-corrected chi connectivity index (χ4v) is 3.93. The Balaban J connectivity index is 1.87. The van der Waals surface area contributed by atoms with Crippen molar-refractivity contribution in [3.63, 3.8) is 0 Å². The summed E-state index contributed by atoms with van der Waals surface area (Å²) in [5.41, 5.74) is 3.10. The van der Waals surface area contributed by atoms with Crippen LogP contribution in [-0.2, 0) is 16.6 Å². The normalized spacial score (nSPS) is 12.7. The molecule has 2 N–H and O–H groups in total. The number of benzene rings is 1. The van der Waals surface area contributed by atoms with E-state index in [0.29, 0.717) is 17.7 Å². The maximum Gasteiger partial charge on any atom is 0.255 e. The van der Waals surface area contributed by atoms with Crippen molar-refractivity contribution in [2.24, 2.45) is 5.14 Å². The molecule has 0 radical (unpaired) electrons. The Morgan fingerprint density at radius 1 is 1.21 bits per heavy atom. The largest absolute Gasteiger partial charge is 0.467 e. The molecule has 0 fully saturated rings. The number of aryl methyl sites for hydroxylation is 1. The van der Waals surface area contributed by atoms with Crippen LogP contribution in [0.3, 0.4) is 0 Å². The minimum atomic E-state index is -3.81. The molecular weight excluding hydrogens is 390 g/mol. The van der Waals surface area contributed by atoms with E-state index in [0.717, 1.165) is 17.1 Å². The number of rotatable bonds is 6. The van der Waals surface area contributed by atoms with Crippen molar-refractivity contribution in [3.8, 4) is 0 Å². The van der Waals surface area contributed by atoms with Crippen LogP contribution in [-0.4, -0.2) is 30.8 Å². The molecule has 0 saturated carbocycles. The molecule has 0 aliphatic rings. The average molecular weight is 416 g/mol. The van der Waals surface area contributed by atoms with Gasteiger partial charge in [-0.25, -0.2) is 13.6 Å². The van der Waals surface area contributed by atoms with Crippen LogP contribution in [0.15, 0.2) is 58.0 Å². The van der Waals surface area contributed by atoms with Gasteiger partial charge in [-0.15, -0.1) is 0 Å². The Kier molecular flexibility index (Phi) is 5.68. The van der Waals surface area contributed by atoms with Gasteiger partial charge in [-0.3, -0.25) is 4.79 Å².